The number of aryl methyl sites for hydroxylation is 1. The minimum Gasteiger partial charge on any atom is -0.332 e. The molecule has 2 aromatic carbocycles. The van der Waals surface area contributed by atoms with Gasteiger partial charge in [0.15, 0.2) is 5.11 Å². The van der Waals surface area contributed by atoms with Gasteiger partial charge in [-0.25, -0.2) is 0 Å². The number of hydrogen-bond donors (Lipinski definition) is 2. The summed E-state index contributed by atoms with van der Waals surface area (Å²) in [6.07, 6.45) is 0. The molecule has 2 N–H and O–H groups in total. The summed E-state index contributed by atoms with van der Waals surface area (Å²) in [5.41, 5.74) is 1.30. The summed E-state index contributed by atoms with van der Waals surface area (Å²) in [6, 6.07) is 13.4. The SMILES string of the molecule is Cc1ccc(C(=O)NC(=S)Nc2ccccc2)cc1[N+](=O)[O-]. The summed E-state index contributed by atoms with van der Waals surface area (Å²) in [5, 5.41) is 16.4. The van der Waals surface area contributed by atoms with Crippen molar-refractivity contribution >= 4 is 34.6 Å². The van der Waals surface area contributed by atoms with E-state index in [1.807, 2.05) is 18.2 Å². The maximum atomic E-state index is 12.1. The summed E-state index contributed by atoms with van der Waals surface area (Å²) in [6.45, 7) is 1.61. The minimum atomic E-state index is -0.521. The van der Waals surface area contributed by atoms with E-state index in [1.54, 1.807) is 19.1 Å². The highest BCUT2D eigenvalue weighted by atomic mass is 32.1. The van der Waals surface area contributed by atoms with E-state index in [9.17, 15) is 14.9 Å². The molecule has 2 aromatic rings. The lowest BCUT2D eigenvalue weighted by Gasteiger charge is -2.09. The number of amides is 1. The highest BCUT2D eigenvalue weighted by Gasteiger charge is 2.15. The van der Waals surface area contributed by atoms with Crippen molar-refractivity contribution in [3.8, 4) is 0 Å². The Morgan fingerprint density at radius 2 is 1.86 bits per heavy atom. The minimum absolute atomic E-state index is 0.102. The molecule has 0 unspecified atom stereocenters. The van der Waals surface area contributed by atoms with Crippen molar-refractivity contribution in [2.45, 2.75) is 6.92 Å². The Bertz CT molecular complexity index is 732. The van der Waals surface area contributed by atoms with Crippen LogP contribution in [0.3, 0.4) is 0 Å². The smallest absolute Gasteiger partial charge is 0.273 e. The van der Waals surface area contributed by atoms with Gasteiger partial charge < -0.3 is 5.32 Å². The van der Waals surface area contributed by atoms with E-state index in [4.69, 9.17) is 12.2 Å². The maximum absolute atomic E-state index is 12.1. The number of nitrogens with zero attached hydrogens (tertiary/aromatic N) is 1. The number of carbonyl (C=O) groups is 1. The van der Waals surface area contributed by atoms with E-state index in [-0.39, 0.29) is 16.4 Å². The standard InChI is InChI=1S/C15H13N3O3S/c1-10-7-8-11(9-13(10)18(20)21)14(19)17-15(22)16-12-5-3-2-4-6-12/h2-9H,1H3,(H2,16,17,19,22). The Morgan fingerprint density at radius 3 is 2.50 bits per heavy atom. The molecule has 0 aliphatic carbocycles. The van der Waals surface area contributed by atoms with E-state index in [2.05, 4.69) is 10.6 Å². The number of nitro benzene ring substituents is 1. The molecule has 0 heterocycles. The van der Waals surface area contributed by atoms with Crippen LogP contribution in [-0.2, 0) is 0 Å². The number of benzene rings is 2. The Balaban J connectivity index is 2.07. The molecule has 1 amide bonds. The lowest BCUT2D eigenvalue weighted by Crippen LogP contribution is -2.34. The second-order valence-electron chi connectivity index (χ2n) is 4.53. The third-order valence-corrected chi connectivity index (χ3v) is 3.13. The highest BCUT2D eigenvalue weighted by Crippen LogP contribution is 2.19. The van der Waals surface area contributed by atoms with E-state index in [0.717, 1.165) is 5.69 Å². The van der Waals surface area contributed by atoms with Gasteiger partial charge in [-0.1, -0.05) is 24.3 Å². The van der Waals surface area contributed by atoms with Crippen LogP contribution in [0.4, 0.5) is 11.4 Å². The summed E-state index contributed by atoms with van der Waals surface area (Å²) in [7, 11) is 0. The number of thiocarbonyl (C=S) groups is 1. The van der Waals surface area contributed by atoms with Crippen LogP contribution in [0, 0.1) is 17.0 Å². The number of hydrogen-bond acceptors (Lipinski definition) is 4. The molecule has 22 heavy (non-hydrogen) atoms. The lowest BCUT2D eigenvalue weighted by molar-refractivity contribution is -0.385. The van der Waals surface area contributed by atoms with Crippen molar-refractivity contribution in [3.05, 3.63) is 69.8 Å². The number of rotatable bonds is 3. The van der Waals surface area contributed by atoms with Crippen LogP contribution in [0.25, 0.3) is 0 Å². The molecule has 0 atom stereocenters. The fraction of sp³-hybridized carbons (Fsp3) is 0.0667. The first-order chi connectivity index (χ1) is 10.5. The number of para-hydroxylation sites is 1. The molecule has 0 fully saturated rings. The van der Waals surface area contributed by atoms with Crippen LogP contribution in [-0.4, -0.2) is 15.9 Å². The Morgan fingerprint density at radius 1 is 1.18 bits per heavy atom. The number of nitrogens with one attached hydrogen (secondary N) is 2. The van der Waals surface area contributed by atoms with Gasteiger partial charge in [0.2, 0.25) is 0 Å². The van der Waals surface area contributed by atoms with E-state index >= 15 is 0 Å². The van der Waals surface area contributed by atoms with Gasteiger partial charge in [-0.05, 0) is 37.3 Å². The van der Waals surface area contributed by atoms with E-state index in [0.29, 0.717) is 5.56 Å². The largest absolute Gasteiger partial charge is 0.332 e. The van der Waals surface area contributed by atoms with Crippen molar-refractivity contribution in [2.75, 3.05) is 5.32 Å². The fourth-order valence-corrected chi connectivity index (χ4v) is 2.02. The second-order valence-corrected chi connectivity index (χ2v) is 4.94. The quantitative estimate of drug-likeness (QED) is 0.517. The molecular formula is C15H13N3O3S. The molecule has 0 saturated carbocycles. The summed E-state index contributed by atoms with van der Waals surface area (Å²) in [4.78, 5) is 22.4. The van der Waals surface area contributed by atoms with Gasteiger partial charge >= 0.3 is 0 Å². The van der Waals surface area contributed by atoms with Gasteiger partial charge in [0.25, 0.3) is 11.6 Å². The molecule has 6 nitrogen and oxygen atoms in total. The molecule has 0 spiro atoms. The Labute approximate surface area is 132 Å². The average molecular weight is 315 g/mol. The monoisotopic (exact) mass is 315 g/mol. The van der Waals surface area contributed by atoms with Crippen LogP contribution in [0.5, 0.6) is 0 Å². The van der Waals surface area contributed by atoms with Gasteiger partial charge in [0, 0.05) is 22.9 Å². The zero-order chi connectivity index (χ0) is 16.1. The first-order valence-corrected chi connectivity index (χ1v) is 6.80. The average Bonchev–Trinajstić information content (AvgIpc) is 2.48. The number of nitro groups is 1. The van der Waals surface area contributed by atoms with Crippen LogP contribution in [0.15, 0.2) is 48.5 Å². The molecular weight excluding hydrogens is 302 g/mol. The molecule has 0 saturated heterocycles. The molecule has 112 valence electrons. The second kappa shape index (κ2) is 6.77. The first kappa shape index (κ1) is 15.6. The van der Waals surface area contributed by atoms with Crippen molar-refractivity contribution < 1.29 is 9.72 Å². The predicted molar refractivity (Wildman–Crippen MR) is 88.0 cm³/mol. The summed E-state index contributed by atoms with van der Waals surface area (Å²) >= 11 is 5.05. The Hall–Kier alpha value is -2.80. The molecule has 0 radical (unpaired) electrons. The van der Waals surface area contributed by atoms with Crippen molar-refractivity contribution in [3.63, 3.8) is 0 Å². The normalized spacial score (nSPS) is 9.86. The third kappa shape index (κ3) is 3.86. The van der Waals surface area contributed by atoms with Crippen LogP contribution in [0.2, 0.25) is 0 Å². The lowest BCUT2D eigenvalue weighted by atomic mass is 10.1. The van der Waals surface area contributed by atoms with E-state index in [1.165, 1.54) is 18.2 Å². The van der Waals surface area contributed by atoms with Gasteiger partial charge in [0.05, 0.1) is 4.92 Å². The zero-order valence-electron chi connectivity index (χ0n) is 11.7. The fourth-order valence-electron chi connectivity index (χ4n) is 1.81. The summed E-state index contributed by atoms with van der Waals surface area (Å²) < 4.78 is 0. The molecule has 0 aromatic heterocycles. The van der Waals surface area contributed by atoms with Crippen LogP contribution in [0.1, 0.15) is 15.9 Å². The molecule has 0 aliphatic rings. The predicted octanol–water partition coefficient (Wildman–Crippen LogP) is 3.03. The highest BCUT2D eigenvalue weighted by molar-refractivity contribution is 7.80. The zero-order valence-corrected chi connectivity index (χ0v) is 12.5. The molecule has 2 rings (SSSR count). The third-order valence-electron chi connectivity index (χ3n) is 2.93. The number of carbonyl (C=O) groups excluding carboxylic acids is 1. The maximum Gasteiger partial charge on any atom is 0.273 e. The van der Waals surface area contributed by atoms with Crippen LogP contribution < -0.4 is 10.6 Å². The number of anilines is 1. The van der Waals surface area contributed by atoms with Crippen molar-refractivity contribution in [1.82, 2.24) is 5.32 Å². The first-order valence-electron chi connectivity index (χ1n) is 6.40. The van der Waals surface area contributed by atoms with Crippen molar-refractivity contribution in [1.29, 1.82) is 0 Å². The van der Waals surface area contributed by atoms with Crippen LogP contribution >= 0.6 is 12.2 Å². The van der Waals surface area contributed by atoms with Gasteiger partial charge in [-0.15, -0.1) is 0 Å². The summed E-state index contributed by atoms with van der Waals surface area (Å²) in [5.74, 6) is -0.503. The van der Waals surface area contributed by atoms with Gasteiger partial charge in [-0.2, -0.15) is 0 Å². The molecule has 7 heteroatoms. The topological polar surface area (TPSA) is 84.3 Å². The van der Waals surface area contributed by atoms with Gasteiger partial charge in [0.1, 0.15) is 0 Å². The molecule has 0 aliphatic heterocycles. The van der Waals surface area contributed by atoms with Crippen molar-refractivity contribution in [2.24, 2.45) is 0 Å². The molecule has 0 bridgehead atoms. The Kier molecular flexibility index (Phi) is 4.80. The van der Waals surface area contributed by atoms with Gasteiger partial charge in [-0.3, -0.25) is 20.2 Å². The van der Waals surface area contributed by atoms with E-state index < -0.39 is 10.8 Å².